The Labute approximate surface area is 135 Å². The van der Waals surface area contributed by atoms with E-state index in [1.165, 1.54) is 29.0 Å². The van der Waals surface area contributed by atoms with Crippen molar-refractivity contribution >= 4 is 51.3 Å². The van der Waals surface area contributed by atoms with Crippen LogP contribution in [0.15, 0.2) is 38.6 Å². The van der Waals surface area contributed by atoms with Crippen LogP contribution < -0.4 is 10.2 Å². The maximum absolute atomic E-state index is 12.5. The van der Waals surface area contributed by atoms with Crippen LogP contribution in [0.5, 0.6) is 5.75 Å². The number of methoxy groups -OCH3 is 1. The van der Waals surface area contributed by atoms with Crippen molar-refractivity contribution in [3.05, 3.63) is 45.2 Å². The maximum Gasteiger partial charge on any atom is 0.265 e. The molecule has 0 bridgehead atoms. The summed E-state index contributed by atoms with van der Waals surface area (Å²) < 4.78 is 11.0. The van der Waals surface area contributed by atoms with Gasteiger partial charge in [0.1, 0.15) is 21.9 Å². The Bertz CT molecular complexity index is 885. The predicted octanol–water partition coefficient (Wildman–Crippen LogP) is 2.63. The van der Waals surface area contributed by atoms with Gasteiger partial charge in [0.2, 0.25) is 0 Å². The highest BCUT2D eigenvalue weighted by atomic mass is 32.2. The first kappa shape index (κ1) is 14.8. The van der Waals surface area contributed by atoms with Crippen molar-refractivity contribution in [2.75, 3.05) is 14.2 Å². The van der Waals surface area contributed by atoms with Crippen LogP contribution in [-0.4, -0.2) is 29.3 Å². The van der Waals surface area contributed by atoms with Gasteiger partial charge in [-0.15, -0.1) is 0 Å². The van der Waals surface area contributed by atoms with Crippen molar-refractivity contribution in [1.82, 2.24) is 4.90 Å². The van der Waals surface area contributed by atoms with Gasteiger partial charge in [-0.1, -0.05) is 24.0 Å². The molecule has 5 nitrogen and oxygen atoms in total. The quantitative estimate of drug-likeness (QED) is 0.622. The van der Waals surface area contributed by atoms with Crippen molar-refractivity contribution in [1.29, 1.82) is 0 Å². The minimum atomic E-state index is -0.218. The van der Waals surface area contributed by atoms with Gasteiger partial charge in [-0.2, -0.15) is 0 Å². The molecule has 7 heteroatoms. The van der Waals surface area contributed by atoms with Crippen molar-refractivity contribution in [2.45, 2.75) is 0 Å². The molecule has 1 aliphatic heterocycles. The highest BCUT2D eigenvalue weighted by Crippen LogP contribution is 2.31. The molecule has 1 saturated heterocycles. The van der Waals surface area contributed by atoms with Crippen LogP contribution in [0.4, 0.5) is 0 Å². The third kappa shape index (κ3) is 2.42. The lowest BCUT2D eigenvalue weighted by Gasteiger charge is -2.04. The highest BCUT2D eigenvalue weighted by Gasteiger charge is 2.29. The number of carbonyl (C=O) groups excluding carboxylic acids is 1. The molecule has 1 aromatic heterocycles. The Kier molecular flexibility index (Phi) is 3.76. The Morgan fingerprint density at radius 1 is 1.36 bits per heavy atom. The number of thioether (sulfide) groups is 1. The third-order valence-electron chi connectivity index (χ3n) is 3.28. The van der Waals surface area contributed by atoms with Crippen molar-refractivity contribution in [3.8, 4) is 5.75 Å². The van der Waals surface area contributed by atoms with Gasteiger partial charge in [0.25, 0.3) is 5.91 Å². The normalized spacial score (nSPS) is 16.8. The smallest absolute Gasteiger partial charge is 0.265 e. The predicted molar refractivity (Wildman–Crippen MR) is 90.0 cm³/mol. The summed E-state index contributed by atoms with van der Waals surface area (Å²) in [6.45, 7) is 0. The largest absolute Gasteiger partial charge is 0.497 e. The lowest BCUT2D eigenvalue weighted by molar-refractivity contribution is -0.121. The molecule has 2 heterocycles. The van der Waals surface area contributed by atoms with E-state index in [-0.39, 0.29) is 11.3 Å². The highest BCUT2D eigenvalue weighted by molar-refractivity contribution is 8.26. The van der Waals surface area contributed by atoms with Crippen LogP contribution in [0, 0.1) is 0 Å². The second-order valence-electron chi connectivity index (χ2n) is 4.62. The fourth-order valence-electron chi connectivity index (χ4n) is 2.04. The van der Waals surface area contributed by atoms with E-state index < -0.39 is 0 Å². The molecule has 0 spiro atoms. The van der Waals surface area contributed by atoms with Crippen LogP contribution in [-0.2, 0) is 4.79 Å². The zero-order chi connectivity index (χ0) is 15.9. The van der Waals surface area contributed by atoms with E-state index in [1.54, 1.807) is 32.4 Å². The van der Waals surface area contributed by atoms with E-state index in [2.05, 4.69) is 0 Å². The first-order valence-electron chi connectivity index (χ1n) is 6.32. The summed E-state index contributed by atoms with van der Waals surface area (Å²) in [5.74, 6) is 0.388. The molecule has 3 rings (SSSR count). The van der Waals surface area contributed by atoms with E-state index >= 15 is 0 Å². The molecule has 1 aliphatic rings. The van der Waals surface area contributed by atoms with E-state index in [4.69, 9.17) is 21.4 Å². The van der Waals surface area contributed by atoms with Gasteiger partial charge in [0, 0.05) is 13.1 Å². The molecule has 0 aliphatic carbocycles. The average molecular weight is 333 g/mol. The molecule has 112 valence electrons. The number of carbonyl (C=O) groups is 1. The van der Waals surface area contributed by atoms with Gasteiger partial charge < -0.3 is 9.15 Å². The van der Waals surface area contributed by atoms with Gasteiger partial charge in [-0.25, -0.2) is 0 Å². The molecule has 22 heavy (non-hydrogen) atoms. The number of rotatable bonds is 2. The van der Waals surface area contributed by atoms with Crippen molar-refractivity contribution in [3.63, 3.8) is 0 Å². The van der Waals surface area contributed by atoms with E-state index in [0.717, 1.165) is 0 Å². The molecule has 0 saturated carbocycles. The summed E-state index contributed by atoms with van der Waals surface area (Å²) in [6.07, 6.45) is 2.85. The zero-order valence-electron chi connectivity index (χ0n) is 11.8. The SMILES string of the molecule is COc1ccc2c(=O)c(/C=C3\SC(=S)N(C)C3=O)coc2c1. The molecule has 0 N–H and O–H groups in total. The van der Waals surface area contributed by atoms with E-state index in [1.807, 2.05) is 0 Å². The van der Waals surface area contributed by atoms with E-state index in [9.17, 15) is 9.59 Å². The summed E-state index contributed by atoms with van der Waals surface area (Å²) in [7, 11) is 3.15. The number of ether oxygens (including phenoxy) is 1. The van der Waals surface area contributed by atoms with E-state index in [0.29, 0.717) is 31.5 Å². The molecular formula is C15H11NO4S2. The molecule has 0 radical (unpaired) electrons. The number of benzene rings is 1. The first-order chi connectivity index (χ1) is 10.5. The molecule has 2 aromatic rings. The summed E-state index contributed by atoms with van der Waals surface area (Å²) in [5.41, 5.74) is 0.543. The van der Waals surface area contributed by atoms with Gasteiger partial charge >= 0.3 is 0 Å². The second-order valence-corrected chi connectivity index (χ2v) is 6.30. The summed E-state index contributed by atoms with van der Waals surface area (Å²) >= 11 is 6.23. The van der Waals surface area contributed by atoms with Gasteiger partial charge in [-0.05, 0) is 18.2 Å². The Hall–Kier alpha value is -2.12. The number of hydrogen-bond donors (Lipinski definition) is 0. The minimum absolute atomic E-state index is 0.203. The van der Waals surface area contributed by atoms with Gasteiger partial charge in [-0.3, -0.25) is 14.5 Å². The van der Waals surface area contributed by atoms with Crippen LogP contribution in [0.3, 0.4) is 0 Å². The number of nitrogens with zero attached hydrogens (tertiary/aromatic N) is 1. The summed E-state index contributed by atoms with van der Waals surface area (Å²) in [4.78, 5) is 26.2. The minimum Gasteiger partial charge on any atom is -0.497 e. The summed E-state index contributed by atoms with van der Waals surface area (Å²) in [5, 5.41) is 0.432. The fourth-order valence-corrected chi connectivity index (χ4v) is 3.21. The molecule has 0 atom stereocenters. The standard InChI is InChI=1S/C15H11NO4S2/c1-16-14(18)12(22-15(16)21)5-8-7-20-11-6-9(19-2)3-4-10(11)13(8)17/h3-7H,1-2H3/b12-5-. The topological polar surface area (TPSA) is 59.8 Å². The second kappa shape index (κ2) is 5.58. The molecule has 1 fully saturated rings. The van der Waals surface area contributed by atoms with Crippen LogP contribution in [0.25, 0.3) is 17.0 Å². The Morgan fingerprint density at radius 2 is 2.14 bits per heavy atom. The average Bonchev–Trinajstić information content (AvgIpc) is 2.77. The van der Waals surface area contributed by atoms with Crippen LogP contribution >= 0.6 is 24.0 Å². The lowest BCUT2D eigenvalue weighted by atomic mass is 10.1. The van der Waals surface area contributed by atoms with Crippen molar-refractivity contribution in [2.24, 2.45) is 0 Å². The van der Waals surface area contributed by atoms with Gasteiger partial charge in [0.05, 0.1) is 23.0 Å². The van der Waals surface area contributed by atoms with Crippen LogP contribution in [0.2, 0.25) is 0 Å². The molecule has 0 unspecified atom stereocenters. The molecule has 1 amide bonds. The first-order valence-corrected chi connectivity index (χ1v) is 7.55. The number of amides is 1. The monoisotopic (exact) mass is 333 g/mol. The molecule has 1 aromatic carbocycles. The number of fused-ring (bicyclic) bond motifs is 1. The van der Waals surface area contributed by atoms with Crippen LogP contribution in [0.1, 0.15) is 5.56 Å². The fraction of sp³-hybridized carbons (Fsp3) is 0.133. The lowest BCUT2D eigenvalue weighted by Crippen LogP contribution is -2.22. The Morgan fingerprint density at radius 3 is 2.77 bits per heavy atom. The Balaban J connectivity index is 2.10. The maximum atomic E-state index is 12.5. The van der Waals surface area contributed by atoms with Crippen molar-refractivity contribution < 1.29 is 13.9 Å². The number of hydrogen-bond acceptors (Lipinski definition) is 6. The number of likely N-dealkylation sites (N-methyl/N-ethyl adjacent to an activating group) is 1. The number of thiocarbonyl (C=S) groups is 1. The third-order valence-corrected chi connectivity index (χ3v) is 4.77. The molecular weight excluding hydrogens is 322 g/mol. The van der Waals surface area contributed by atoms with Gasteiger partial charge in [0.15, 0.2) is 5.43 Å². The zero-order valence-corrected chi connectivity index (χ0v) is 13.4. The summed E-state index contributed by atoms with van der Waals surface area (Å²) in [6, 6.07) is 4.98.